The van der Waals surface area contributed by atoms with Gasteiger partial charge in [-0.25, -0.2) is 4.98 Å². The van der Waals surface area contributed by atoms with Crippen LogP contribution >= 0.6 is 43.5 Å². The fraction of sp³-hybridized carbons (Fsp3) is 0. The Balaban J connectivity index is 1.83. The Kier molecular flexibility index (Phi) is 5.49. The topological polar surface area (TPSA) is 42.0 Å². The van der Waals surface area contributed by atoms with Gasteiger partial charge in [0.05, 0.1) is 22.5 Å². The number of rotatable bonds is 3. The lowest BCUT2D eigenvalue weighted by Gasteiger charge is -2.12. The number of nitrogens with one attached hydrogen (secondary N) is 1. The summed E-state index contributed by atoms with van der Waals surface area (Å²) >= 11 is 13.3. The summed E-state index contributed by atoms with van der Waals surface area (Å²) in [4.78, 5) is 17.8. The van der Waals surface area contributed by atoms with Crippen molar-refractivity contribution < 1.29 is 4.79 Å². The van der Waals surface area contributed by atoms with Gasteiger partial charge >= 0.3 is 0 Å². The number of benzene rings is 3. The van der Waals surface area contributed by atoms with Gasteiger partial charge in [-0.05, 0) is 52.3 Å². The number of hydrogen-bond donors (Lipinski definition) is 1. The van der Waals surface area contributed by atoms with Gasteiger partial charge < -0.3 is 5.32 Å². The van der Waals surface area contributed by atoms with Crippen LogP contribution in [0.4, 0.5) is 5.69 Å². The molecule has 138 valence electrons. The van der Waals surface area contributed by atoms with E-state index in [9.17, 15) is 4.79 Å². The highest BCUT2D eigenvalue weighted by molar-refractivity contribution is 9.11. The Morgan fingerprint density at radius 3 is 2.46 bits per heavy atom. The van der Waals surface area contributed by atoms with Gasteiger partial charge in [0.25, 0.3) is 5.91 Å². The van der Waals surface area contributed by atoms with Crippen LogP contribution in [-0.4, -0.2) is 10.9 Å². The standard InChI is InChI=1S/C22H13Br2ClN2O/c23-13-9-10-20(17(24)11-13)27-22(28)16-12-21(15-6-1-3-7-18(15)25)26-19-8-4-2-5-14(16)19/h1-12H,(H,27,28). The minimum atomic E-state index is -0.213. The number of para-hydroxylation sites is 1. The maximum absolute atomic E-state index is 13.1. The highest BCUT2D eigenvalue weighted by Crippen LogP contribution is 2.31. The smallest absolute Gasteiger partial charge is 0.256 e. The van der Waals surface area contributed by atoms with Gasteiger partial charge in [-0.2, -0.15) is 0 Å². The molecule has 0 unspecified atom stereocenters. The largest absolute Gasteiger partial charge is 0.321 e. The van der Waals surface area contributed by atoms with E-state index in [2.05, 4.69) is 37.2 Å². The SMILES string of the molecule is O=C(Nc1ccc(Br)cc1Br)c1cc(-c2ccccc2Cl)nc2ccccc12. The molecule has 0 saturated carbocycles. The quantitative estimate of drug-likeness (QED) is 0.310. The summed E-state index contributed by atoms with van der Waals surface area (Å²) < 4.78 is 1.72. The molecule has 1 heterocycles. The zero-order valence-corrected chi connectivity index (χ0v) is 18.3. The lowest BCUT2D eigenvalue weighted by molar-refractivity contribution is 0.102. The van der Waals surface area contributed by atoms with Gasteiger partial charge in [0, 0.05) is 24.9 Å². The Morgan fingerprint density at radius 2 is 1.68 bits per heavy atom. The normalized spacial score (nSPS) is 10.8. The van der Waals surface area contributed by atoms with Crippen LogP contribution in [0.5, 0.6) is 0 Å². The van der Waals surface area contributed by atoms with Crippen molar-refractivity contribution in [3.63, 3.8) is 0 Å². The lowest BCUT2D eigenvalue weighted by atomic mass is 10.0. The number of amides is 1. The molecule has 0 fully saturated rings. The molecule has 1 amide bonds. The molecule has 28 heavy (non-hydrogen) atoms. The molecule has 0 spiro atoms. The first kappa shape index (κ1) is 19.1. The van der Waals surface area contributed by atoms with Gasteiger partial charge in [-0.1, -0.05) is 63.9 Å². The molecule has 1 aromatic heterocycles. The molecule has 0 aliphatic carbocycles. The Labute approximate surface area is 184 Å². The zero-order valence-electron chi connectivity index (χ0n) is 14.4. The third-order valence-corrected chi connectivity index (χ3v) is 5.77. The molecule has 0 atom stereocenters. The molecule has 0 radical (unpaired) electrons. The third-order valence-electron chi connectivity index (χ3n) is 4.29. The number of nitrogens with zero attached hydrogens (tertiary/aromatic N) is 1. The summed E-state index contributed by atoms with van der Waals surface area (Å²) in [6.45, 7) is 0. The van der Waals surface area contributed by atoms with Crippen LogP contribution in [0.3, 0.4) is 0 Å². The number of aromatic nitrogens is 1. The van der Waals surface area contributed by atoms with Crippen molar-refractivity contribution in [2.45, 2.75) is 0 Å². The van der Waals surface area contributed by atoms with Gasteiger partial charge in [-0.15, -0.1) is 0 Å². The number of hydrogen-bond acceptors (Lipinski definition) is 2. The summed E-state index contributed by atoms with van der Waals surface area (Å²) in [6.07, 6.45) is 0. The van der Waals surface area contributed by atoms with Crippen LogP contribution in [0.2, 0.25) is 5.02 Å². The average molecular weight is 517 g/mol. The summed E-state index contributed by atoms with van der Waals surface area (Å²) in [5.41, 5.74) is 3.40. The molecule has 0 aliphatic rings. The fourth-order valence-corrected chi connectivity index (χ4v) is 4.33. The number of fused-ring (bicyclic) bond motifs is 1. The number of pyridine rings is 1. The highest BCUT2D eigenvalue weighted by Gasteiger charge is 2.16. The first-order valence-corrected chi connectivity index (χ1v) is 10.4. The van der Waals surface area contributed by atoms with Crippen molar-refractivity contribution in [3.8, 4) is 11.3 Å². The molecule has 4 aromatic rings. The molecule has 3 aromatic carbocycles. The van der Waals surface area contributed by atoms with Crippen molar-refractivity contribution >= 4 is 66.0 Å². The van der Waals surface area contributed by atoms with Crippen LogP contribution in [0.15, 0.2) is 81.7 Å². The zero-order chi connectivity index (χ0) is 19.7. The van der Waals surface area contributed by atoms with E-state index in [4.69, 9.17) is 16.6 Å². The monoisotopic (exact) mass is 514 g/mol. The maximum atomic E-state index is 13.1. The maximum Gasteiger partial charge on any atom is 0.256 e. The van der Waals surface area contributed by atoms with Crippen LogP contribution < -0.4 is 5.32 Å². The molecule has 0 saturated heterocycles. The van der Waals surface area contributed by atoms with Gasteiger partial charge in [0.1, 0.15) is 0 Å². The van der Waals surface area contributed by atoms with E-state index < -0.39 is 0 Å². The molecule has 4 rings (SSSR count). The van der Waals surface area contributed by atoms with Gasteiger partial charge in [0.2, 0.25) is 0 Å². The van der Waals surface area contributed by atoms with Crippen molar-refractivity contribution in [1.82, 2.24) is 4.98 Å². The van der Waals surface area contributed by atoms with E-state index >= 15 is 0 Å². The lowest BCUT2D eigenvalue weighted by Crippen LogP contribution is -2.13. The molecule has 0 aliphatic heterocycles. The molecule has 6 heteroatoms. The fourth-order valence-electron chi connectivity index (χ4n) is 2.95. The number of carbonyl (C=O) groups excluding carboxylic acids is 1. The Bertz CT molecular complexity index is 1210. The molecule has 3 nitrogen and oxygen atoms in total. The van der Waals surface area contributed by atoms with Crippen molar-refractivity contribution in [2.75, 3.05) is 5.32 Å². The predicted octanol–water partition coefficient (Wildman–Crippen LogP) is 7.33. The summed E-state index contributed by atoms with van der Waals surface area (Å²) in [5, 5.41) is 4.34. The first-order valence-electron chi connectivity index (χ1n) is 8.44. The van der Waals surface area contributed by atoms with E-state index in [1.165, 1.54) is 0 Å². The highest BCUT2D eigenvalue weighted by atomic mass is 79.9. The van der Waals surface area contributed by atoms with E-state index in [1.54, 1.807) is 6.07 Å². The van der Waals surface area contributed by atoms with Crippen LogP contribution in [-0.2, 0) is 0 Å². The van der Waals surface area contributed by atoms with E-state index in [-0.39, 0.29) is 5.91 Å². The molecule has 1 N–H and O–H groups in total. The number of halogens is 3. The molecule has 0 bridgehead atoms. The second-order valence-electron chi connectivity index (χ2n) is 6.13. The third kappa shape index (κ3) is 3.83. The second-order valence-corrected chi connectivity index (χ2v) is 8.31. The average Bonchev–Trinajstić information content (AvgIpc) is 2.69. The van der Waals surface area contributed by atoms with E-state index in [1.807, 2.05) is 66.7 Å². The first-order chi connectivity index (χ1) is 13.5. The van der Waals surface area contributed by atoms with Crippen LogP contribution in [0.1, 0.15) is 10.4 Å². The Morgan fingerprint density at radius 1 is 0.929 bits per heavy atom. The molecular formula is C22H13Br2ClN2O. The van der Waals surface area contributed by atoms with Crippen LogP contribution in [0, 0.1) is 0 Å². The Hall–Kier alpha value is -2.21. The summed E-state index contributed by atoms with van der Waals surface area (Å²) in [6, 6.07) is 22.4. The minimum Gasteiger partial charge on any atom is -0.321 e. The second kappa shape index (κ2) is 8.03. The summed E-state index contributed by atoms with van der Waals surface area (Å²) in [7, 11) is 0. The van der Waals surface area contributed by atoms with Crippen LogP contribution in [0.25, 0.3) is 22.2 Å². The minimum absolute atomic E-state index is 0.213. The van der Waals surface area contributed by atoms with Crippen molar-refractivity contribution in [3.05, 3.63) is 92.3 Å². The van der Waals surface area contributed by atoms with Gasteiger partial charge in [-0.3, -0.25) is 4.79 Å². The molecular weight excluding hydrogens is 504 g/mol. The van der Waals surface area contributed by atoms with E-state index in [0.29, 0.717) is 22.0 Å². The van der Waals surface area contributed by atoms with E-state index in [0.717, 1.165) is 25.4 Å². The predicted molar refractivity (Wildman–Crippen MR) is 122 cm³/mol. The summed E-state index contributed by atoms with van der Waals surface area (Å²) in [5.74, 6) is -0.213. The number of anilines is 1. The van der Waals surface area contributed by atoms with Crippen molar-refractivity contribution in [2.24, 2.45) is 0 Å². The van der Waals surface area contributed by atoms with Gasteiger partial charge in [0.15, 0.2) is 0 Å². The van der Waals surface area contributed by atoms with Crippen molar-refractivity contribution in [1.29, 1.82) is 0 Å². The number of carbonyl (C=O) groups is 1.